The van der Waals surface area contributed by atoms with Gasteiger partial charge >= 0.3 is 0 Å². The van der Waals surface area contributed by atoms with Crippen LogP contribution in [0.4, 0.5) is 0 Å². The molecule has 0 aromatic carbocycles. The monoisotopic (exact) mass is 272 g/mol. The van der Waals surface area contributed by atoms with Gasteiger partial charge in [-0.15, -0.1) is 11.3 Å². The van der Waals surface area contributed by atoms with E-state index >= 15 is 0 Å². The van der Waals surface area contributed by atoms with Gasteiger partial charge in [0.2, 0.25) is 0 Å². The minimum atomic E-state index is 0.0769. The molecule has 2 rings (SSSR count). The normalized spacial score (nSPS) is 20.6. The van der Waals surface area contributed by atoms with Crippen LogP contribution in [0.25, 0.3) is 0 Å². The number of likely N-dealkylation sites (N-methyl/N-ethyl adjacent to an activating group) is 1. The summed E-state index contributed by atoms with van der Waals surface area (Å²) in [6.45, 7) is 3.55. The van der Waals surface area contributed by atoms with Gasteiger partial charge in [-0.25, -0.2) is 0 Å². The van der Waals surface area contributed by atoms with Crippen molar-refractivity contribution in [3.05, 3.63) is 20.8 Å². The largest absolute Gasteiger partial charge is 0.336 e. The molecule has 0 bridgehead atoms. The number of carbonyl (C=O) groups is 1. The number of nitrogens with one attached hydrogen (secondary N) is 1. The quantitative estimate of drug-likeness (QED) is 0.897. The van der Waals surface area contributed by atoms with E-state index in [0.717, 1.165) is 31.5 Å². The van der Waals surface area contributed by atoms with Crippen LogP contribution in [-0.4, -0.2) is 37.0 Å². The van der Waals surface area contributed by atoms with Crippen molar-refractivity contribution in [2.75, 3.05) is 20.1 Å². The molecule has 1 N–H and O–H groups in total. The molecule has 1 atom stereocenters. The fraction of sp³-hybridized carbons (Fsp3) is 0.583. The number of piperidine rings is 1. The van der Waals surface area contributed by atoms with Crippen molar-refractivity contribution in [1.29, 1.82) is 0 Å². The molecule has 1 aromatic heterocycles. The van der Waals surface area contributed by atoms with Gasteiger partial charge in [0.25, 0.3) is 5.91 Å². The van der Waals surface area contributed by atoms with Crippen molar-refractivity contribution in [3.8, 4) is 0 Å². The first-order valence-electron chi connectivity index (χ1n) is 5.83. The van der Waals surface area contributed by atoms with E-state index in [0.29, 0.717) is 15.9 Å². The van der Waals surface area contributed by atoms with Gasteiger partial charge in [-0.05, 0) is 37.8 Å². The van der Waals surface area contributed by atoms with Crippen LogP contribution in [0.1, 0.15) is 28.1 Å². The fourth-order valence-corrected chi connectivity index (χ4v) is 3.36. The minimum Gasteiger partial charge on any atom is -0.336 e. The maximum atomic E-state index is 12.3. The van der Waals surface area contributed by atoms with Crippen LogP contribution in [0.2, 0.25) is 5.02 Å². The lowest BCUT2D eigenvalue weighted by atomic mass is 10.1. The van der Waals surface area contributed by atoms with Crippen LogP contribution in [-0.2, 0) is 0 Å². The Kier molecular flexibility index (Phi) is 4.07. The molecule has 5 heteroatoms. The Bertz CT molecular complexity index is 419. The van der Waals surface area contributed by atoms with Gasteiger partial charge in [0.05, 0.1) is 5.02 Å². The lowest BCUT2D eigenvalue weighted by Gasteiger charge is -2.32. The lowest BCUT2D eigenvalue weighted by molar-refractivity contribution is 0.0703. The average molecular weight is 273 g/mol. The summed E-state index contributed by atoms with van der Waals surface area (Å²) in [5.74, 6) is 0.0769. The van der Waals surface area contributed by atoms with Crippen LogP contribution in [0.3, 0.4) is 0 Å². The van der Waals surface area contributed by atoms with Crippen molar-refractivity contribution in [2.24, 2.45) is 0 Å². The second-order valence-corrected chi connectivity index (χ2v) is 5.70. The number of hydrogen-bond acceptors (Lipinski definition) is 3. The number of nitrogens with zero attached hydrogens (tertiary/aromatic N) is 1. The van der Waals surface area contributed by atoms with E-state index in [1.807, 2.05) is 24.3 Å². The molecule has 1 unspecified atom stereocenters. The van der Waals surface area contributed by atoms with E-state index in [4.69, 9.17) is 11.6 Å². The zero-order chi connectivity index (χ0) is 12.4. The van der Waals surface area contributed by atoms with Gasteiger partial charge in [-0.3, -0.25) is 4.79 Å². The number of amides is 1. The first-order valence-corrected chi connectivity index (χ1v) is 7.09. The smallest absolute Gasteiger partial charge is 0.265 e. The van der Waals surface area contributed by atoms with E-state index in [2.05, 4.69) is 5.32 Å². The highest BCUT2D eigenvalue weighted by atomic mass is 35.5. The third-order valence-electron chi connectivity index (χ3n) is 3.21. The summed E-state index contributed by atoms with van der Waals surface area (Å²) < 4.78 is 0. The number of halogens is 1. The molecule has 17 heavy (non-hydrogen) atoms. The summed E-state index contributed by atoms with van der Waals surface area (Å²) in [6.07, 6.45) is 2.19. The van der Waals surface area contributed by atoms with Crippen LogP contribution in [0.5, 0.6) is 0 Å². The molecule has 0 spiro atoms. The van der Waals surface area contributed by atoms with Gasteiger partial charge in [-0.2, -0.15) is 0 Å². The average Bonchev–Trinajstić information content (AvgIpc) is 2.69. The Balaban J connectivity index is 2.12. The zero-order valence-corrected chi connectivity index (χ0v) is 11.7. The highest BCUT2D eigenvalue weighted by Crippen LogP contribution is 2.29. The number of likely N-dealkylation sites (tertiary alicyclic amines) is 1. The van der Waals surface area contributed by atoms with E-state index in [1.54, 1.807) is 0 Å². The van der Waals surface area contributed by atoms with Gasteiger partial charge < -0.3 is 10.2 Å². The maximum absolute atomic E-state index is 12.3. The first kappa shape index (κ1) is 12.9. The number of aryl methyl sites for hydroxylation is 1. The molecule has 1 aliphatic rings. The Labute approximate surface area is 111 Å². The molecule has 0 saturated carbocycles. The molecule has 1 saturated heterocycles. The van der Waals surface area contributed by atoms with E-state index in [-0.39, 0.29) is 5.91 Å². The Hall–Kier alpha value is -0.580. The van der Waals surface area contributed by atoms with Crippen LogP contribution < -0.4 is 5.32 Å². The number of thiophene rings is 1. The van der Waals surface area contributed by atoms with E-state index < -0.39 is 0 Å². The first-order chi connectivity index (χ1) is 8.13. The Morgan fingerprint density at radius 3 is 3.00 bits per heavy atom. The summed E-state index contributed by atoms with van der Waals surface area (Å²) >= 11 is 7.58. The minimum absolute atomic E-state index is 0.0769. The molecular formula is C12H17ClN2OS. The molecule has 1 aliphatic heterocycles. The predicted molar refractivity (Wildman–Crippen MR) is 72.1 cm³/mol. The van der Waals surface area contributed by atoms with Crippen molar-refractivity contribution in [3.63, 3.8) is 0 Å². The maximum Gasteiger partial charge on any atom is 0.265 e. The number of rotatable bonds is 2. The summed E-state index contributed by atoms with van der Waals surface area (Å²) in [5, 5.41) is 5.79. The fourth-order valence-electron chi connectivity index (χ4n) is 2.11. The van der Waals surface area contributed by atoms with Crippen molar-refractivity contribution >= 4 is 28.8 Å². The Morgan fingerprint density at radius 2 is 2.41 bits per heavy atom. The van der Waals surface area contributed by atoms with Crippen LogP contribution in [0, 0.1) is 6.92 Å². The summed E-state index contributed by atoms with van der Waals surface area (Å²) in [6, 6.07) is 0.410. The molecule has 0 radical (unpaired) electrons. The van der Waals surface area contributed by atoms with E-state index in [9.17, 15) is 4.79 Å². The van der Waals surface area contributed by atoms with Crippen LogP contribution in [0.15, 0.2) is 5.38 Å². The summed E-state index contributed by atoms with van der Waals surface area (Å²) in [4.78, 5) is 14.9. The molecule has 0 aliphatic carbocycles. The number of carbonyl (C=O) groups excluding carboxylic acids is 1. The summed E-state index contributed by atoms with van der Waals surface area (Å²) in [7, 11) is 1.95. The highest BCUT2D eigenvalue weighted by molar-refractivity contribution is 7.13. The predicted octanol–water partition coefficient (Wildman–Crippen LogP) is 2.53. The standard InChI is InChI=1S/C12H17ClN2OS/c1-8-7-17-11(10(8)13)12(16)15-5-3-4-9(6-15)14-2/h7,9,14H,3-6H2,1-2H3. The topological polar surface area (TPSA) is 32.3 Å². The molecule has 1 fully saturated rings. The van der Waals surface area contributed by atoms with Gasteiger partial charge in [0, 0.05) is 19.1 Å². The molecule has 94 valence electrons. The number of hydrogen-bond donors (Lipinski definition) is 1. The molecular weight excluding hydrogens is 256 g/mol. The van der Waals surface area contributed by atoms with E-state index in [1.165, 1.54) is 11.3 Å². The van der Waals surface area contributed by atoms with Crippen molar-refractivity contribution in [2.45, 2.75) is 25.8 Å². The van der Waals surface area contributed by atoms with Crippen LogP contribution >= 0.6 is 22.9 Å². The van der Waals surface area contributed by atoms with Gasteiger partial charge in [0.15, 0.2) is 0 Å². The van der Waals surface area contributed by atoms with Crippen molar-refractivity contribution < 1.29 is 4.79 Å². The second kappa shape index (κ2) is 5.38. The lowest BCUT2D eigenvalue weighted by Crippen LogP contribution is -2.46. The molecule has 1 amide bonds. The highest BCUT2D eigenvalue weighted by Gasteiger charge is 2.26. The zero-order valence-electron chi connectivity index (χ0n) is 10.1. The second-order valence-electron chi connectivity index (χ2n) is 4.44. The van der Waals surface area contributed by atoms with Gasteiger partial charge in [0.1, 0.15) is 4.88 Å². The Morgan fingerprint density at radius 1 is 1.65 bits per heavy atom. The molecule has 1 aromatic rings. The summed E-state index contributed by atoms with van der Waals surface area (Å²) in [5.41, 5.74) is 0.988. The third-order valence-corrected chi connectivity index (χ3v) is 4.90. The molecule has 2 heterocycles. The van der Waals surface area contributed by atoms with Gasteiger partial charge in [-0.1, -0.05) is 11.6 Å². The molecule has 3 nitrogen and oxygen atoms in total. The third kappa shape index (κ3) is 2.64. The van der Waals surface area contributed by atoms with Crippen molar-refractivity contribution in [1.82, 2.24) is 10.2 Å². The SMILES string of the molecule is CNC1CCCN(C(=O)c2scc(C)c2Cl)C1.